The Bertz CT molecular complexity index is 1730. The average molecular weight is 564 g/mol. The van der Waals surface area contributed by atoms with Gasteiger partial charge < -0.3 is 10.1 Å². The number of hydrazone groups is 1. The number of halogens is 3. The molecule has 0 fully saturated rings. The summed E-state index contributed by atoms with van der Waals surface area (Å²) in [5, 5.41) is 13.8. The molecule has 0 bridgehead atoms. The van der Waals surface area contributed by atoms with Gasteiger partial charge in [-0.1, -0.05) is 32.0 Å². The lowest BCUT2D eigenvalue weighted by molar-refractivity contribution is -0.274. The summed E-state index contributed by atoms with van der Waals surface area (Å²) in [5.74, 6) is 0.421. The van der Waals surface area contributed by atoms with Crippen molar-refractivity contribution in [3.63, 3.8) is 0 Å². The first-order valence-electron chi connectivity index (χ1n) is 12.3. The van der Waals surface area contributed by atoms with Crippen LogP contribution in [0.4, 0.5) is 18.9 Å². The van der Waals surface area contributed by atoms with Gasteiger partial charge in [-0.25, -0.2) is 9.97 Å². The Kier molecular flexibility index (Phi) is 7.35. The van der Waals surface area contributed by atoms with Gasteiger partial charge in [0, 0.05) is 35.3 Å². The van der Waals surface area contributed by atoms with Crippen molar-refractivity contribution >= 4 is 51.0 Å². The van der Waals surface area contributed by atoms with Crippen LogP contribution in [-0.4, -0.2) is 37.4 Å². The van der Waals surface area contributed by atoms with E-state index in [1.54, 1.807) is 30.1 Å². The highest BCUT2D eigenvalue weighted by Crippen LogP contribution is 2.33. The smallest absolute Gasteiger partial charge is 0.406 e. The summed E-state index contributed by atoms with van der Waals surface area (Å²) in [6, 6.07) is 17.3. The number of fused-ring (bicyclic) bond motifs is 3. The van der Waals surface area contributed by atoms with Crippen LogP contribution < -0.4 is 15.5 Å². The maximum atomic E-state index is 12.5. The van der Waals surface area contributed by atoms with E-state index < -0.39 is 6.36 Å². The summed E-state index contributed by atoms with van der Waals surface area (Å²) in [5.41, 5.74) is 7.61. The number of aromatic nitrogens is 4. The lowest BCUT2D eigenvalue weighted by Crippen LogP contribution is -2.24. The van der Waals surface area contributed by atoms with Gasteiger partial charge in [-0.2, -0.15) is 10.2 Å². The molecule has 2 aromatic heterocycles. The molecule has 3 aromatic carbocycles. The minimum Gasteiger partial charge on any atom is -0.406 e. The van der Waals surface area contributed by atoms with E-state index in [0.29, 0.717) is 33.5 Å². The number of para-hydroxylation sites is 1. The third kappa shape index (κ3) is 5.86. The highest BCUT2D eigenvalue weighted by molar-refractivity contribution is 7.80. The van der Waals surface area contributed by atoms with Crippen molar-refractivity contribution in [1.82, 2.24) is 25.2 Å². The summed E-state index contributed by atoms with van der Waals surface area (Å²) >= 11 is 5.37. The zero-order chi connectivity index (χ0) is 28.4. The Morgan fingerprint density at radius 2 is 1.80 bits per heavy atom. The van der Waals surface area contributed by atoms with E-state index in [1.165, 1.54) is 18.3 Å². The number of nitrogens with zero attached hydrogens (tertiary/aromatic N) is 5. The maximum absolute atomic E-state index is 12.5. The normalized spacial score (nSPS) is 12.0. The summed E-state index contributed by atoms with van der Waals surface area (Å²) < 4.78 is 43.2. The van der Waals surface area contributed by atoms with Crippen molar-refractivity contribution in [3.8, 4) is 17.0 Å². The molecular weight excluding hydrogens is 539 g/mol. The molecule has 0 amide bonds. The number of ether oxygens (including phenoxy) is 1. The zero-order valence-corrected chi connectivity index (χ0v) is 22.5. The first-order valence-corrected chi connectivity index (χ1v) is 12.7. The molecule has 5 rings (SSSR count). The second-order valence-corrected chi connectivity index (χ2v) is 9.64. The molecule has 12 heteroatoms. The second kappa shape index (κ2) is 10.9. The Balaban J connectivity index is 1.34. The predicted molar refractivity (Wildman–Crippen MR) is 153 cm³/mol. The first kappa shape index (κ1) is 27.0. The van der Waals surface area contributed by atoms with Crippen LogP contribution in [0.1, 0.15) is 31.2 Å². The van der Waals surface area contributed by atoms with Crippen LogP contribution in [0.3, 0.4) is 0 Å². The lowest BCUT2D eigenvalue weighted by Gasteiger charge is -2.14. The monoisotopic (exact) mass is 563 g/mol. The topological polar surface area (TPSA) is 89.3 Å². The number of alkyl halides is 3. The van der Waals surface area contributed by atoms with Gasteiger partial charge in [0.2, 0.25) is 0 Å². The van der Waals surface area contributed by atoms with Gasteiger partial charge >= 0.3 is 6.36 Å². The van der Waals surface area contributed by atoms with Crippen LogP contribution in [0, 0.1) is 0 Å². The Morgan fingerprint density at radius 1 is 1.05 bits per heavy atom. The van der Waals surface area contributed by atoms with Crippen LogP contribution >= 0.6 is 12.2 Å². The highest BCUT2D eigenvalue weighted by Gasteiger charge is 2.31. The van der Waals surface area contributed by atoms with Gasteiger partial charge in [-0.15, -0.1) is 13.2 Å². The van der Waals surface area contributed by atoms with Crippen LogP contribution in [-0.2, 0) is 7.05 Å². The zero-order valence-electron chi connectivity index (χ0n) is 21.7. The van der Waals surface area contributed by atoms with Gasteiger partial charge in [-0.05, 0) is 66.2 Å². The van der Waals surface area contributed by atoms with Crippen LogP contribution in [0.15, 0.2) is 72.0 Å². The second-order valence-electron chi connectivity index (χ2n) is 9.23. The van der Waals surface area contributed by atoms with Crippen LogP contribution in [0.5, 0.6) is 5.75 Å². The van der Waals surface area contributed by atoms with E-state index in [2.05, 4.69) is 49.5 Å². The molecule has 2 N–H and O–H groups in total. The van der Waals surface area contributed by atoms with E-state index in [0.717, 1.165) is 27.7 Å². The fourth-order valence-corrected chi connectivity index (χ4v) is 4.57. The quantitative estimate of drug-likeness (QED) is 0.138. The SMILES string of the molecule is CC(C)c1ccccc1NC(=S)N/N=C/c1ncc2c(ccc3c(-c4ccc(OC(F)(F)F)cc4)n(C)nc32)n1. The Morgan fingerprint density at radius 3 is 2.52 bits per heavy atom. The molecule has 0 saturated heterocycles. The molecule has 5 aromatic rings. The minimum atomic E-state index is -4.75. The molecule has 8 nitrogen and oxygen atoms in total. The largest absolute Gasteiger partial charge is 0.573 e. The third-order valence-electron chi connectivity index (χ3n) is 6.12. The number of hydrogen-bond donors (Lipinski definition) is 2. The molecule has 0 spiro atoms. The Labute approximate surface area is 232 Å². The van der Waals surface area contributed by atoms with E-state index in [1.807, 2.05) is 36.4 Å². The van der Waals surface area contributed by atoms with Gasteiger partial charge in [0.1, 0.15) is 11.3 Å². The number of aryl methyl sites for hydroxylation is 1. The number of rotatable bonds is 6. The molecule has 204 valence electrons. The molecule has 0 aliphatic rings. The van der Waals surface area contributed by atoms with Crippen molar-refractivity contribution in [1.29, 1.82) is 0 Å². The lowest BCUT2D eigenvalue weighted by atomic mass is 10.0. The Hall–Kier alpha value is -4.58. The van der Waals surface area contributed by atoms with Crippen molar-refractivity contribution < 1.29 is 17.9 Å². The minimum absolute atomic E-state index is 0.290. The molecule has 0 aliphatic carbocycles. The number of hydrogen-bond acceptors (Lipinski definition) is 6. The standard InChI is InChI=1S/C28H24F3N7OS/c1-16(2)19-6-4-5-7-22(19)35-27(40)36-33-15-24-32-14-21-23(34-24)13-12-20-25(21)37-38(3)26(20)17-8-10-18(11-9-17)39-28(29,30)31/h4-16H,1-3H3,(H2,35,36,40)/b33-15+. The van der Waals surface area contributed by atoms with Gasteiger partial charge in [-0.3, -0.25) is 10.1 Å². The van der Waals surface area contributed by atoms with E-state index in [-0.39, 0.29) is 5.75 Å². The molecule has 0 unspecified atom stereocenters. The summed E-state index contributed by atoms with van der Waals surface area (Å²) in [6.07, 6.45) is -1.61. The molecule has 2 heterocycles. The number of benzene rings is 3. The molecule has 0 atom stereocenters. The van der Waals surface area contributed by atoms with E-state index >= 15 is 0 Å². The number of nitrogens with one attached hydrogen (secondary N) is 2. The fourth-order valence-electron chi connectivity index (χ4n) is 4.41. The summed E-state index contributed by atoms with van der Waals surface area (Å²) in [7, 11) is 1.77. The van der Waals surface area contributed by atoms with Gasteiger partial charge in [0.05, 0.1) is 17.4 Å². The molecule has 0 aliphatic heterocycles. The molecule has 0 saturated carbocycles. The summed E-state index contributed by atoms with van der Waals surface area (Å²) in [6.45, 7) is 4.22. The molecule has 0 radical (unpaired) electrons. The van der Waals surface area contributed by atoms with Crippen molar-refractivity contribution in [3.05, 3.63) is 78.2 Å². The fraction of sp³-hybridized carbons (Fsp3) is 0.179. The third-order valence-corrected chi connectivity index (χ3v) is 6.32. The van der Waals surface area contributed by atoms with Gasteiger partial charge in [0.25, 0.3) is 0 Å². The summed E-state index contributed by atoms with van der Waals surface area (Å²) in [4.78, 5) is 8.96. The molecular formula is C28H24F3N7OS. The van der Waals surface area contributed by atoms with Crippen molar-refractivity contribution in [2.45, 2.75) is 26.1 Å². The van der Waals surface area contributed by atoms with Crippen molar-refractivity contribution in [2.75, 3.05) is 5.32 Å². The number of thiocarbonyl (C=S) groups is 1. The van der Waals surface area contributed by atoms with Crippen molar-refractivity contribution in [2.24, 2.45) is 12.1 Å². The van der Waals surface area contributed by atoms with Crippen LogP contribution in [0.25, 0.3) is 33.1 Å². The van der Waals surface area contributed by atoms with E-state index in [9.17, 15) is 13.2 Å². The van der Waals surface area contributed by atoms with E-state index in [4.69, 9.17) is 12.2 Å². The van der Waals surface area contributed by atoms with Gasteiger partial charge in [0.15, 0.2) is 10.9 Å². The van der Waals surface area contributed by atoms with Crippen LogP contribution in [0.2, 0.25) is 0 Å². The maximum Gasteiger partial charge on any atom is 0.573 e. The predicted octanol–water partition coefficient (Wildman–Crippen LogP) is 6.53. The first-order chi connectivity index (χ1) is 19.1. The number of anilines is 1. The average Bonchev–Trinajstić information content (AvgIpc) is 3.24. The molecule has 40 heavy (non-hydrogen) atoms. The highest BCUT2D eigenvalue weighted by atomic mass is 32.1.